The summed E-state index contributed by atoms with van der Waals surface area (Å²) in [6, 6.07) is 0. The zero-order valence-electron chi connectivity index (χ0n) is 7.15. The molecule has 0 aliphatic carbocycles. The highest BCUT2D eigenvalue weighted by Gasteiger charge is 1.94. The fourth-order valence-electron chi connectivity index (χ4n) is 0.537. The lowest BCUT2D eigenvalue weighted by atomic mass is 10.2. The van der Waals surface area contributed by atoms with Gasteiger partial charge < -0.3 is 5.11 Å². The fourth-order valence-corrected chi connectivity index (χ4v) is 0.537. The van der Waals surface area contributed by atoms with Gasteiger partial charge in [-0.1, -0.05) is 34.1 Å². The van der Waals surface area contributed by atoms with Crippen LogP contribution in [-0.2, 0) is 0 Å². The second kappa shape index (κ2) is 10.9. The summed E-state index contributed by atoms with van der Waals surface area (Å²) in [5.74, 6) is 0. The van der Waals surface area contributed by atoms with Gasteiger partial charge in [-0.25, -0.2) is 0 Å². The van der Waals surface area contributed by atoms with E-state index < -0.39 is 0 Å². The molecule has 0 aliphatic heterocycles. The van der Waals surface area contributed by atoms with Crippen molar-refractivity contribution in [3.63, 3.8) is 0 Å². The van der Waals surface area contributed by atoms with Crippen molar-refractivity contribution < 1.29 is 5.11 Å². The Balaban J connectivity index is 0. The van der Waals surface area contributed by atoms with E-state index >= 15 is 0 Å². The van der Waals surface area contributed by atoms with Crippen LogP contribution in [0, 0.1) is 0 Å². The molecule has 1 heteroatoms. The summed E-state index contributed by atoms with van der Waals surface area (Å²) >= 11 is 0. The smallest absolute Gasteiger partial charge is 0.0537 e. The van der Waals surface area contributed by atoms with Crippen LogP contribution in [0.5, 0.6) is 0 Å². The Hall–Kier alpha value is -0.0400. The van der Waals surface area contributed by atoms with Crippen LogP contribution < -0.4 is 0 Å². The molecule has 0 spiro atoms. The Morgan fingerprint density at radius 3 is 1.78 bits per heavy atom. The second-order valence-electron chi connectivity index (χ2n) is 1.85. The van der Waals surface area contributed by atoms with Gasteiger partial charge in [-0.2, -0.15) is 0 Å². The average Bonchev–Trinajstić information content (AvgIpc) is 1.93. The summed E-state index contributed by atoms with van der Waals surface area (Å²) in [5, 5.41) is 8.86. The minimum absolute atomic E-state index is 0.0509. The minimum Gasteiger partial charge on any atom is -0.393 e. The summed E-state index contributed by atoms with van der Waals surface area (Å²) < 4.78 is 0. The molecule has 0 bridgehead atoms. The summed E-state index contributed by atoms with van der Waals surface area (Å²) in [6.07, 6.45) is 2.89. The first kappa shape index (κ1) is 11.7. The summed E-state index contributed by atoms with van der Waals surface area (Å²) in [5.41, 5.74) is 0. The molecule has 0 rings (SSSR count). The lowest BCUT2D eigenvalue weighted by molar-refractivity contribution is 0.159. The van der Waals surface area contributed by atoms with Crippen LogP contribution >= 0.6 is 0 Å². The molecule has 0 heterocycles. The van der Waals surface area contributed by atoms with Gasteiger partial charge in [0.05, 0.1) is 6.10 Å². The molecule has 0 fully saturated rings. The number of aliphatic hydroxyl groups is 1. The molecular weight excluding hydrogens is 112 g/mol. The van der Waals surface area contributed by atoms with E-state index in [1.54, 1.807) is 0 Å². The lowest BCUT2D eigenvalue weighted by Gasteiger charge is -2.01. The zero-order valence-corrected chi connectivity index (χ0v) is 7.15. The number of rotatable bonds is 3. The van der Waals surface area contributed by atoms with E-state index in [-0.39, 0.29) is 6.10 Å². The summed E-state index contributed by atoms with van der Waals surface area (Å²) in [4.78, 5) is 0. The summed E-state index contributed by atoms with van der Waals surface area (Å²) in [7, 11) is 0. The minimum atomic E-state index is -0.0509. The third-order valence-corrected chi connectivity index (χ3v) is 1.09. The Bertz CT molecular complexity index is 35.5. The molecule has 1 atom stereocenters. The molecule has 0 radical (unpaired) electrons. The van der Waals surface area contributed by atoms with Gasteiger partial charge in [0.25, 0.3) is 0 Å². The van der Waals surface area contributed by atoms with Crippen LogP contribution in [-0.4, -0.2) is 11.2 Å². The van der Waals surface area contributed by atoms with Crippen LogP contribution in [0.2, 0.25) is 0 Å². The highest BCUT2D eigenvalue weighted by molar-refractivity contribution is 4.47. The quantitative estimate of drug-likeness (QED) is 0.625. The molecule has 1 unspecified atom stereocenters. The lowest BCUT2D eigenvalue weighted by Crippen LogP contribution is -2.01. The average molecular weight is 132 g/mol. The molecule has 0 aromatic rings. The van der Waals surface area contributed by atoms with Crippen LogP contribution in [0.3, 0.4) is 0 Å². The zero-order chi connectivity index (χ0) is 7.70. The van der Waals surface area contributed by atoms with Gasteiger partial charge >= 0.3 is 0 Å². The molecule has 0 aromatic carbocycles. The van der Waals surface area contributed by atoms with E-state index in [1.165, 1.54) is 0 Å². The Kier molecular flexibility index (Phi) is 14.1. The van der Waals surface area contributed by atoms with Crippen molar-refractivity contribution in [3.8, 4) is 0 Å². The van der Waals surface area contributed by atoms with Crippen molar-refractivity contribution in [3.05, 3.63) is 0 Å². The van der Waals surface area contributed by atoms with Gasteiger partial charge in [0.2, 0.25) is 0 Å². The first-order chi connectivity index (χ1) is 4.31. The molecule has 0 aromatic heterocycles. The van der Waals surface area contributed by atoms with E-state index in [0.29, 0.717) is 0 Å². The fraction of sp³-hybridized carbons (Fsp3) is 1.00. The summed E-state index contributed by atoms with van der Waals surface area (Å²) in [6.45, 7) is 8.08. The van der Waals surface area contributed by atoms with E-state index in [9.17, 15) is 0 Å². The number of aliphatic hydroxyl groups excluding tert-OH is 1. The van der Waals surface area contributed by atoms with Crippen molar-refractivity contribution in [2.75, 3.05) is 0 Å². The van der Waals surface area contributed by atoms with Crippen molar-refractivity contribution in [1.29, 1.82) is 0 Å². The first-order valence-corrected chi connectivity index (χ1v) is 3.99. The standard InChI is InChI=1S/C6H14O.C2H6/c1-3-5-6(7)4-2;1-2/h6-7H,3-5H2,1-2H3;1-2H3. The van der Waals surface area contributed by atoms with Gasteiger partial charge in [0.15, 0.2) is 0 Å². The molecule has 1 nitrogen and oxygen atoms in total. The predicted molar refractivity (Wildman–Crippen MR) is 42.6 cm³/mol. The Morgan fingerprint density at radius 2 is 1.67 bits per heavy atom. The third-order valence-electron chi connectivity index (χ3n) is 1.09. The van der Waals surface area contributed by atoms with Crippen LogP contribution in [0.25, 0.3) is 0 Å². The van der Waals surface area contributed by atoms with Crippen molar-refractivity contribution in [1.82, 2.24) is 0 Å². The predicted octanol–water partition coefficient (Wildman–Crippen LogP) is 2.58. The highest BCUT2D eigenvalue weighted by atomic mass is 16.3. The molecule has 0 saturated heterocycles. The van der Waals surface area contributed by atoms with E-state index in [0.717, 1.165) is 19.3 Å². The normalized spacial score (nSPS) is 11.7. The van der Waals surface area contributed by atoms with E-state index in [4.69, 9.17) is 5.11 Å². The van der Waals surface area contributed by atoms with Crippen molar-refractivity contribution >= 4 is 0 Å². The Labute approximate surface area is 59.1 Å². The van der Waals surface area contributed by atoms with Crippen molar-refractivity contribution in [2.24, 2.45) is 0 Å². The van der Waals surface area contributed by atoms with E-state index in [1.807, 2.05) is 20.8 Å². The van der Waals surface area contributed by atoms with Crippen LogP contribution in [0.1, 0.15) is 47.0 Å². The second-order valence-corrected chi connectivity index (χ2v) is 1.85. The van der Waals surface area contributed by atoms with Gasteiger partial charge in [0, 0.05) is 0 Å². The molecule has 0 aliphatic rings. The molecule has 0 amide bonds. The maximum absolute atomic E-state index is 8.86. The number of hydrogen-bond donors (Lipinski definition) is 1. The van der Waals surface area contributed by atoms with Gasteiger partial charge in [0.1, 0.15) is 0 Å². The molecular formula is C8H20O. The van der Waals surface area contributed by atoms with Crippen molar-refractivity contribution in [2.45, 2.75) is 53.1 Å². The van der Waals surface area contributed by atoms with Crippen LogP contribution in [0.15, 0.2) is 0 Å². The maximum Gasteiger partial charge on any atom is 0.0537 e. The molecule has 1 N–H and O–H groups in total. The van der Waals surface area contributed by atoms with Gasteiger partial charge in [-0.15, -0.1) is 0 Å². The topological polar surface area (TPSA) is 20.2 Å². The molecule has 0 saturated carbocycles. The van der Waals surface area contributed by atoms with Gasteiger partial charge in [-0.05, 0) is 12.8 Å². The Morgan fingerprint density at radius 1 is 1.22 bits per heavy atom. The molecule has 58 valence electrons. The largest absolute Gasteiger partial charge is 0.393 e. The van der Waals surface area contributed by atoms with Gasteiger partial charge in [-0.3, -0.25) is 0 Å². The third kappa shape index (κ3) is 11.5. The first-order valence-electron chi connectivity index (χ1n) is 3.99. The maximum atomic E-state index is 8.86. The van der Waals surface area contributed by atoms with Crippen LogP contribution in [0.4, 0.5) is 0 Å². The highest BCUT2D eigenvalue weighted by Crippen LogP contribution is 1.98. The molecule has 9 heavy (non-hydrogen) atoms. The number of hydrogen-bond acceptors (Lipinski definition) is 1. The SMILES string of the molecule is CC.CCCC(O)CC. The monoisotopic (exact) mass is 132 g/mol. The van der Waals surface area contributed by atoms with E-state index in [2.05, 4.69) is 6.92 Å².